The van der Waals surface area contributed by atoms with E-state index >= 15 is 0 Å². The van der Waals surface area contributed by atoms with Crippen LogP contribution in [0.4, 0.5) is 0 Å². The van der Waals surface area contributed by atoms with Gasteiger partial charge in [0.05, 0.1) is 0 Å². The molecule has 0 aromatic heterocycles. The first-order valence-electron chi connectivity index (χ1n) is 4.16. The second kappa shape index (κ2) is 16.1. The Morgan fingerprint density at radius 3 is 1.91 bits per heavy atom. The predicted octanol–water partition coefficient (Wildman–Crippen LogP) is 4.11. The molecule has 0 aliphatic rings. The van der Waals surface area contributed by atoms with Crippen molar-refractivity contribution in [3.8, 4) is 0 Å². The molecule has 0 unspecified atom stereocenters. The predicted molar refractivity (Wildman–Crippen MR) is 54.7 cm³/mol. The Morgan fingerprint density at radius 1 is 1.09 bits per heavy atom. The maximum Gasteiger partial charge on any atom is -0.0172 e. The highest BCUT2D eigenvalue weighted by Gasteiger charge is 1.63. The van der Waals surface area contributed by atoms with Crippen molar-refractivity contribution in [2.45, 2.75) is 33.6 Å². The Hall–Kier alpha value is -0.780. The molecule has 0 saturated carbocycles. The first-order valence-corrected chi connectivity index (χ1v) is 4.16. The Balaban J connectivity index is 0. The zero-order valence-electron chi connectivity index (χ0n) is 8.01. The van der Waals surface area contributed by atoms with Gasteiger partial charge < -0.3 is 0 Å². The molecule has 0 N–H and O–H groups in total. The first-order chi connectivity index (χ1) is 5.33. The Labute approximate surface area is 71.3 Å². The van der Waals surface area contributed by atoms with E-state index in [9.17, 15) is 0 Å². The lowest BCUT2D eigenvalue weighted by Gasteiger charge is -1.75. The fraction of sp³-hybridized carbons (Fsp3) is 0.455. The maximum atomic E-state index is 3.58. The van der Waals surface area contributed by atoms with E-state index in [4.69, 9.17) is 0 Å². The van der Waals surface area contributed by atoms with Crippen LogP contribution < -0.4 is 0 Å². The monoisotopic (exact) mass is 152 g/mol. The summed E-state index contributed by atoms with van der Waals surface area (Å²) in [6, 6.07) is 0. The minimum absolute atomic E-state index is 1.01. The van der Waals surface area contributed by atoms with Gasteiger partial charge in [0, 0.05) is 0 Å². The third-order valence-corrected chi connectivity index (χ3v) is 1.04. The molecule has 0 rings (SSSR count). The molecule has 0 radical (unpaired) electrons. The molecule has 0 aromatic rings. The summed E-state index contributed by atoms with van der Waals surface area (Å²) < 4.78 is 0. The highest BCUT2D eigenvalue weighted by molar-refractivity contribution is 4.87. The molecule has 0 aliphatic heterocycles. The fourth-order valence-electron chi connectivity index (χ4n) is 0.359. The number of rotatable bonds is 3. The van der Waals surface area contributed by atoms with Crippen LogP contribution in [0, 0.1) is 0 Å². The molecule has 0 fully saturated rings. The summed E-state index contributed by atoms with van der Waals surface area (Å²) in [7, 11) is 0. The van der Waals surface area contributed by atoms with E-state index in [1.165, 1.54) is 0 Å². The molecular formula is C11H20. The van der Waals surface area contributed by atoms with Crippen LogP contribution in [0.15, 0.2) is 37.0 Å². The van der Waals surface area contributed by atoms with Gasteiger partial charge in [0.2, 0.25) is 0 Å². The van der Waals surface area contributed by atoms with E-state index in [2.05, 4.69) is 25.7 Å². The molecule has 0 heterocycles. The van der Waals surface area contributed by atoms with Gasteiger partial charge in [-0.15, -0.1) is 6.58 Å². The SMILES string of the molecule is C/C=C\C.C=CC/C=C\CC. The maximum absolute atomic E-state index is 3.58. The average molecular weight is 152 g/mol. The Morgan fingerprint density at radius 2 is 1.64 bits per heavy atom. The van der Waals surface area contributed by atoms with Crippen molar-refractivity contribution in [1.82, 2.24) is 0 Å². The molecule has 0 bridgehead atoms. The summed E-state index contributed by atoms with van der Waals surface area (Å²) in [6.07, 6.45) is 12.3. The zero-order chi connectivity index (χ0) is 8.95. The van der Waals surface area contributed by atoms with Crippen molar-refractivity contribution in [3.05, 3.63) is 37.0 Å². The van der Waals surface area contributed by atoms with Crippen LogP contribution in [-0.2, 0) is 0 Å². The molecule has 0 aromatic carbocycles. The smallest absolute Gasteiger partial charge is 0.0172 e. The average Bonchev–Trinajstić information content (AvgIpc) is 2.06. The fourth-order valence-corrected chi connectivity index (χ4v) is 0.359. The lowest BCUT2D eigenvalue weighted by Crippen LogP contribution is -1.53. The van der Waals surface area contributed by atoms with Crippen molar-refractivity contribution in [2.24, 2.45) is 0 Å². The van der Waals surface area contributed by atoms with Crippen molar-refractivity contribution in [3.63, 3.8) is 0 Å². The van der Waals surface area contributed by atoms with E-state index < -0.39 is 0 Å². The molecule has 11 heavy (non-hydrogen) atoms. The van der Waals surface area contributed by atoms with Crippen molar-refractivity contribution < 1.29 is 0 Å². The quantitative estimate of drug-likeness (QED) is 0.534. The molecule has 0 saturated heterocycles. The number of allylic oxidation sites excluding steroid dienone is 5. The second-order valence-electron chi connectivity index (χ2n) is 2.07. The number of hydrogen-bond acceptors (Lipinski definition) is 0. The normalized spacial score (nSPS) is 9.73. The zero-order valence-corrected chi connectivity index (χ0v) is 8.01. The molecular weight excluding hydrogens is 132 g/mol. The van der Waals surface area contributed by atoms with Crippen LogP contribution in [-0.4, -0.2) is 0 Å². The van der Waals surface area contributed by atoms with E-state index in [-0.39, 0.29) is 0 Å². The van der Waals surface area contributed by atoms with Gasteiger partial charge in [-0.25, -0.2) is 0 Å². The first kappa shape index (κ1) is 12.9. The van der Waals surface area contributed by atoms with Gasteiger partial charge in [-0.3, -0.25) is 0 Å². The van der Waals surface area contributed by atoms with Crippen LogP contribution in [0.2, 0.25) is 0 Å². The summed E-state index contributed by atoms with van der Waals surface area (Å²) in [6.45, 7) is 9.71. The van der Waals surface area contributed by atoms with Crippen molar-refractivity contribution >= 4 is 0 Å². The summed E-state index contributed by atoms with van der Waals surface area (Å²) in [5.74, 6) is 0. The van der Waals surface area contributed by atoms with E-state index in [0.29, 0.717) is 0 Å². The van der Waals surface area contributed by atoms with Gasteiger partial charge in [-0.1, -0.05) is 37.3 Å². The standard InChI is InChI=1S/C7H12.C4H8/c1-3-5-7-6-4-2;1-3-4-2/h3,6-7H,1,4-5H2,2H3;3-4H,1-2H3/b7-6-;4-3-. The largest absolute Gasteiger partial charge is 0.103 e. The molecule has 0 aliphatic carbocycles. The van der Waals surface area contributed by atoms with E-state index in [1.54, 1.807) is 0 Å². The second-order valence-corrected chi connectivity index (χ2v) is 2.07. The van der Waals surface area contributed by atoms with Crippen LogP contribution in [0.5, 0.6) is 0 Å². The Kier molecular flexibility index (Phi) is 18.8. The summed E-state index contributed by atoms with van der Waals surface area (Å²) in [4.78, 5) is 0. The van der Waals surface area contributed by atoms with Crippen LogP contribution in [0.3, 0.4) is 0 Å². The molecule has 0 spiro atoms. The molecule has 64 valence electrons. The summed E-state index contributed by atoms with van der Waals surface area (Å²) in [5.41, 5.74) is 0. The van der Waals surface area contributed by atoms with Gasteiger partial charge in [-0.05, 0) is 26.7 Å². The van der Waals surface area contributed by atoms with Gasteiger partial charge in [0.1, 0.15) is 0 Å². The minimum Gasteiger partial charge on any atom is -0.103 e. The van der Waals surface area contributed by atoms with Crippen LogP contribution in [0.1, 0.15) is 33.6 Å². The summed E-state index contributed by atoms with van der Waals surface area (Å²) in [5, 5.41) is 0. The summed E-state index contributed by atoms with van der Waals surface area (Å²) >= 11 is 0. The lowest BCUT2D eigenvalue weighted by atomic mass is 10.3. The van der Waals surface area contributed by atoms with Crippen molar-refractivity contribution in [1.29, 1.82) is 0 Å². The topological polar surface area (TPSA) is 0 Å². The van der Waals surface area contributed by atoms with E-state index in [1.807, 2.05) is 32.1 Å². The lowest BCUT2D eigenvalue weighted by molar-refractivity contribution is 1.20. The highest BCUT2D eigenvalue weighted by atomic mass is 13.7. The number of hydrogen-bond donors (Lipinski definition) is 0. The van der Waals surface area contributed by atoms with Gasteiger partial charge in [0.25, 0.3) is 0 Å². The third-order valence-electron chi connectivity index (χ3n) is 1.04. The van der Waals surface area contributed by atoms with Gasteiger partial charge >= 0.3 is 0 Å². The Bertz CT molecular complexity index is 103. The molecule has 0 heteroatoms. The van der Waals surface area contributed by atoms with Crippen LogP contribution >= 0.6 is 0 Å². The highest BCUT2D eigenvalue weighted by Crippen LogP contribution is 1.84. The third kappa shape index (κ3) is 27.0. The minimum atomic E-state index is 1.01. The molecule has 0 atom stereocenters. The van der Waals surface area contributed by atoms with Gasteiger partial charge in [0.15, 0.2) is 0 Å². The van der Waals surface area contributed by atoms with E-state index in [0.717, 1.165) is 12.8 Å². The van der Waals surface area contributed by atoms with Crippen LogP contribution in [0.25, 0.3) is 0 Å². The molecule has 0 nitrogen and oxygen atoms in total. The molecule has 0 amide bonds. The van der Waals surface area contributed by atoms with Gasteiger partial charge in [-0.2, -0.15) is 0 Å². The van der Waals surface area contributed by atoms with Crippen molar-refractivity contribution in [2.75, 3.05) is 0 Å².